The van der Waals surface area contributed by atoms with Gasteiger partial charge in [-0.1, -0.05) is 12.8 Å². The van der Waals surface area contributed by atoms with E-state index in [9.17, 15) is 8.78 Å². The maximum Gasteiger partial charge on any atom is 0.260 e. The molecule has 2 fully saturated rings. The molecule has 2 aliphatic rings. The highest BCUT2D eigenvalue weighted by molar-refractivity contribution is 5.85. The van der Waals surface area contributed by atoms with Crippen LogP contribution in [0.1, 0.15) is 32.1 Å². The number of alkyl halides is 2. The third kappa shape index (κ3) is 2.53. The minimum atomic E-state index is -2.45. The lowest BCUT2D eigenvalue weighted by Gasteiger charge is -2.39. The molecule has 0 amide bonds. The van der Waals surface area contributed by atoms with Crippen molar-refractivity contribution in [2.75, 3.05) is 6.54 Å². The minimum Gasteiger partial charge on any atom is -0.308 e. The van der Waals surface area contributed by atoms with Crippen molar-refractivity contribution in [3.63, 3.8) is 0 Å². The van der Waals surface area contributed by atoms with Gasteiger partial charge in [0.25, 0.3) is 5.92 Å². The van der Waals surface area contributed by atoms with Crippen LogP contribution < -0.4 is 5.32 Å². The second-order valence-corrected chi connectivity index (χ2v) is 4.09. The molecule has 4 heteroatoms. The molecule has 0 aromatic heterocycles. The second-order valence-electron chi connectivity index (χ2n) is 4.09. The molecule has 2 rings (SSSR count). The fourth-order valence-electron chi connectivity index (χ4n) is 2.46. The number of hydrogen-bond acceptors (Lipinski definition) is 1. The summed E-state index contributed by atoms with van der Waals surface area (Å²) in [6, 6.07) is 0.387. The summed E-state index contributed by atoms with van der Waals surface area (Å²) in [6.45, 7) is -0.103. The van der Waals surface area contributed by atoms with Gasteiger partial charge in [-0.25, -0.2) is 8.78 Å². The molecule has 0 radical (unpaired) electrons. The largest absolute Gasteiger partial charge is 0.308 e. The smallest absolute Gasteiger partial charge is 0.260 e. The molecule has 1 N–H and O–H groups in total. The van der Waals surface area contributed by atoms with Gasteiger partial charge >= 0.3 is 0 Å². The summed E-state index contributed by atoms with van der Waals surface area (Å²) in [5, 5.41) is 2.96. The summed E-state index contributed by atoms with van der Waals surface area (Å²) in [6.07, 6.45) is 4.55. The molecule has 0 aromatic carbocycles. The van der Waals surface area contributed by atoms with Crippen molar-refractivity contribution in [1.29, 1.82) is 0 Å². The van der Waals surface area contributed by atoms with Crippen molar-refractivity contribution in [3.05, 3.63) is 0 Å². The summed E-state index contributed by atoms with van der Waals surface area (Å²) in [4.78, 5) is 0. The second kappa shape index (κ2) is 4.09. The Morgan fingerprint density at radius 1 is 1.15 bits per heavy atom. The van der Waals surface area contributed by atoms with E-state index in [0.29, 0.717) is 6.04 Å². The van der Waals surface area contributed by atoms with Crippen LogP contribution >= 0.6 is 12.4 Å². The van der Waals surface area contributed by atoms with Crippen molar-refractivity contribution in [3.8, 4) is 0 Å². The lowest BCUT2D eigenvalue weighted by Crippen LogP contribution is -2.51. The van der Waals surface area contributed by atoms with Crippen LogP contribution in [-0.2, 0) is 0 Å². The van der Waals surface area contributed by atoms with Crippen molar-refractivity contribution < 1.29 is 8.78 Å². The highest BCUT2D eigenvalue weighted by atomic mass is 35.5. The maximum atomic E-state index is 12.9. The molecule has 0 unspecified atom stereocenters. The van der Waals surface area contributed by atoms with Gasteiger partial charge in [-0.3, -0.25) is 0 Å². The molecule has 0 aromatic rings. The lowest BCUT2D eigenvalue weighted by atomic mass is 9.78. The van der Waals surface area contributed by atoms with Crippen LogP contribution in [0.3, 0.4) is 0 Å². The standard InChI is InChI=1S/C9H15F2N.ClH/c10-9(11)5-7-3-1-2-4-8(7)12-6-9;/h7-8,12H,1-6H2;1H/t7-,8+;/m0./s1. The summed E-state index contributed by atoms with van der Waals surface area (Å²) >= 11 is 0. The molecule has 1 aliphatic heterocycles. The monoisotopic (exact) mass is 211 g/mol. The van der Waals surface area contributed by atoms with Gasteiger partial charge in [-0.2, -0.15) is 0 Å². The van der Waals surface area contributed by atoms with E-state index in [4.69, 9.17) is 0 Å². The van der Waals surface area contributed by atoms with Gasteiger partial charge in [0.2, 0.25) is 0 Å². The van der Waals surface area contributed by atoms with Gasteiger partial charge in [0.15, 0.2) is 0 Å². The Hall–Kier alpha value is 0.110. The van der Waals surface area contributed by atoms with E-state index in [1.807, 2.05) is 0 Å². The number of hydrogen-bond donors (Lipinski definition) is 1. The Morgan fingerprint density at radius 2 is 1.85 bits per heavy atom. The molecule has 1 aliphatic carbocycles. The van der Waals surface area contributed by atoms with Crippen molar-refractivity contribution in [2.24, 2.45) is 5.92 Å². The summed E-state index contributed by atoms with van der Waals surface area (Å²) < 4.78 is 25.8. The Balaban J connectivity index is 0.000000845. The topological polar surface area (TPSA) is 12.0 Å². The van der Waals surface area contributed by atoms with Crippen LogP contribution in [0.15, 0.2) is 0 Å². The van der Waals surface area contributed by atoms with Gasteiger partial charge in [0.1, 0.15) is 0 Å². The fourth-order valence-corrected chi connectivity index (χ4v) is 2.46. The average Bonchev–Trinajstić information content (AvgIpc) is 2.02. The molecule has 1 saturated heterocycles. The lowest BCUT2D eigenvalue weighted by molar-refractivity contribution is -0.0589. The van der Waals surface area contributed by atoms with Crippen LogP contribution in [0.25, 0.3) is 0 Å². The molecule has 13 heavy (non-hydrogen) atoms. The van der Waals surface area contributed by atoms with E-state index in [1.54, 1.807) is 0 Å². The van der Waals surface area contributed by atoms with E-state index >= 15 is 0 Å². The quantitative estimate of drug-likeness (QED) is 0.650. The van der Waals surface area contributed by atoms with Gasteiger partial charge in [0.05, 0.1) is 6.54 Å². The highest BCUT2D eigenvalue weighted by Crippen LogP contribution is 2.36. The van der Waals surface area contributed by atoms with Crippen LogP contribution in [0, 0.1) is 5.92 Å². The SMILES string of the molecule is Cl.FC1(F)CN[C@@H]2CCCC[C@H]2C1. The molecule has 0 spiro atoms. The fraction of sp³-hybridized carbons (Fsp3) is 1.00. The Labute approximate surface area is 83.7 Å². The number of piperidine rings is 1. The first-order chi connectivity index (χ1) is 5.67. The Morgan fingerprint density at radius 3 is 2.62 bits per heavy atom. The highest BCUT2D eigenvalue weighted by Gasteiger charge is 2.41. The minimum absolute atomic E-state index is 0. The number of fused-ring (bicyclic) bond motifs is 1. The first-order valence-corrected chi connectivity index (χ1v) is 4.79. The summed E-state index contributed by atoms with van der Waals surface area (Å²) in [5.74, 6) is -2.21. The zero-order valence-corrected chi connectivity index (χ0v) is 8.38. The maximum absolute atomic E-state index is 12.9. The van der Waals surface area contributed by atoms with Crippen molar-refractivity contribution in [2.45, 2.75) is 44.1 Å². The van der Waals surface area contributed by atoms with Crippen LogP contribution in [0.4, 0.5) is 8.78 Å². The van der Waals surface area contributed by atoms with Crippen LogP contribution in [0.5, 0.6) is 0 Å². The first-order valence-electron chi connectivity index (χ1n) is 4.79. The predicted molar refractivity (Wildman–Crippen MR) is 50.6 cm³/mol. The summed E-state index contributed by atoms with van der Waals surface area (Å²) in [7, 11) is 0. The number of nitrogens with one attached hydrogen (secondary N) is 1. The molecule has 2 atom stereocenters. The summed E-state index contributed by atoms with van der Waals surface area (Å²) in [5.41, 5.74) is 0. The van der Waals surface area contributed by atoms with E-state index in [0.717, 1.165) is 19.3 Å². The molecule has 0 bridgehead atoms. The predicted octanol–water partition coefficient (Wildman–Crippen LogP) is 2.60. The molecule has 78 valence electrons. The van der Waals surface area contributed by atoms with Crippen LogP contribution in [-0.4, -0.2) is 18.5 Å². The van der Waals surface area contributed by atoms with Gasteiger partial charge in [0, 0.05) is 12.5 Å². The first kappa shape index (κ1) is 11.2. The number of halogens is 3. The van der Waals surface area contributed by atoms with Gasteiger partial charge in [-0.15, -0.1) is 12.4 Å². The van der Waals surface area contributed by atoms with Crippen molar-refractivity contribution in [1.82, 2.24) is 5.32 Å². The van der Waals surface area contributed by atoms with E-state index in [2.05, 4.69) is 5.32 Å². The van der Waals surface area contributed by atoms with Crippen molar-refractivity contribution >= 4 is 12.4 Å². The zero-order valence-electron chi connectivity index (χ0n) is 7.56. The Bertz CT molecular complexity index is 175. The van der Waals surface area contributed by atoms with Crippen LogP contribution in [0.2, 0.25) is 0 Å². The third-order valence-electron chi connectivity index (χ3n) is 3.09. The van der Waals surface area contributed by atoms with Gasteiger partial charge in [-0.05, 0) is 18.8 Å². The molecular weight excluding hydrogens is 196 g/mol. The normalized spacial score (nSPS) is 37.4. The average molecular weight is 212 g/mol. The molecule has 1 nitrogen and oxygen atoms in total. The zero-order chi connectivity index (χ0) is 8.60. The van der Waals surface area contributed by atoms with E-state index < -0.39 is 5.92 Å². The molecular formula is C9H16ClF2N. The third-order valence-corrected chi connectivity index (χ3v) is 3.09. The molecule has 1 heterocycles. The van der Waals surface area contributed by atoms with E-state index in [1.165, 1.54) is 6.42 Å². The van der Waals surface area contributed by atoms with E-state index in [-0.39, 0.29) is 31.3 Å². The Kier molecular flexibility index (Phi) is 3.52. The number of rotatable bonds is 0. The molecule has 1 saturated carbocycles. The van der Waals surface area contributed by atoms with Gasteiger partial charge < -0.3 is 5.32 Å².